The van der Waals surface area contributed by atoms with E-state index in [1.807, 2.05) is 55.5 Å². The summed E-state index contributed by atoms with van der Waals surface area (Å²) in [4.78, 5) is 0. The van der Waals surface area contributed by atoms with E-state index in [9.17, 15) is 5.11 Å². The van der Waals surface area contributed by atoms with Crippen LogP contribution in [0.25, 0.3) is 0 Å². The van der Waals surface area contributed by atoms with E-state index >= 15 is 0 Å². The van der Waals surface area contributed by atoms with Gasteiger partial charge in [-0.3, -0.25) is 0 Å². The van der Waals surface area contributed by atoms with Gasteiger partial charge in [-0.2, -0.15) is 0 Å². The van der Waals surface area contributed by atoms with Crippen LogP contribution in [0.2, 0.25) is 0 Å². The van der Waals surface area contributed by atoms with E-state index in [0.29, 0.717) is 6.61 Å². The fourth-order valence-electron chi connectivity index (χ4n) is 1.98. The van der Waals surface area contributed by atoms with Crippen molar-refractivity contribution in [2.45, 2.75) is 19.4 Å². The zero-order valence-electron chi connectivity index (χ0n) is 11.1. The minimum absolute atomic E-state index is 0.641. The average Bonchev–Trinajstić information content (AvgIpc) is 2.40. The van der Waals surface area contributed by atoms with Gasteiger partial charge in [-0.25, -0.2) is 0 Å². The van der Waals surface area contributed by atoms with Crippen LogP contribution in [0.15, 0.2) is 53.0 Å². The Morgan fingerprint density at radius 1 is 1.00 bits per heavy atom. The Labute approximate surface area is 122 Å². The second-order valence-corrected chi connectivity index (χ2v) is 5.45. The molecule has 2 rings (SSSR count). The molecule has 0 aliphatic carbocycles. The van der Waals surface area contributed by atoms with Gasteiger partial charge in [-0.15, -0.1) is 0 Å². The maximum Gasteiger partial charge on any atom is 0.119 e. The van der Waals surface area contributed by atoms with E-state index < -0.39 is 5.60 Å². The lowest BCUT2D eigenvalue weighted by Gasteiger charge is -2.24. The van der Waals surface area contributed by atoms with Crippen LogP contribution in [0.5, 0.6) is 5.75 Å². The molecule has 100 valence electrons. The van der Waals surface area contributed by atoms with E-state index in [0.717, 1.165) is 21.3 Å². The van der Waals surface area contributed by atoms with E-state index in [-0.39, 0.29) is 0 Å². The first kappa shape index (κ1) is 14.1. The van der Waals surface area contributed by atoms with Crippen molar-refractivity contribution in [2.75, 3.05) is 6.61 Å². The van der Waals surface area contributed by atoms with Gasteiger partial charge in [0.25, 0.3) is 0 Å². The Balaban J connectivity index is 2.30. The highest BCUT2D eigenvalue weighted by Gasteiger charge is 2.25. The molecule has 0 fully saturated rings. The van der Waals surface area contributed by atoms with Crippen LogP contribution < -0.4 is 4.74 Å². The first-order valence-corrected chi connectivity index (χ1v) is 7.05. The van der Waals surface area contributed by atoms with Crippen molar-refractivity contribution in [3.8, 4) is 5.75 Å². The molecule has 0 aliphatic rings. The lowest BCUT2D eigenvalue weighted by Crippen LogP contribution is -2.22. The van der Waals surface area contributed by atoms with Gasteiger partial charge in [0.05, 0.1) is 6.61 Å². The normalized spacial score (nSPS) is 13.9. The lowest BCUT2D eigenvalue weighted by atomic mass is 9.88. The van der Waals surface area contributed by atoms with Crippen LogP contribution in [-0.4, -0.2) is 11.7 Å². The van der Waals surface area contributed by atoms with E-state index in [1.54, 1.807) is 6.92 Å². The van der Waals surface area contributed by atoms with Gasteiger partial charge in [0.15, 0.2) is 0 Å². The molecular weight excluding hydrogens is 304 g/mol. The molecule has 0 aromatic heterocycles. The summed E-state index contributed by atoms with van der Waals surface area (Å²) in [6.07, 6.45) is 0. The van der Waals surface area contributed by atoms with Crippen LogP contribution in [0.3, 0.4) is 0 Å². The first-order valence-electron chi connectivity index (χ1n) is 6.26. The monoisotopic (exact) mass is 320 g/mol. The molecular formula is C16H17BrO2. The number of hydrogen-bond donors (Lipinski definition) is 1. The van der Waals surface area contributed by atoms with E-state index in [1.165, 1.54) is 0 Å². The van der Waals surface area contributed by atoms with Gasteiger partial charge in [0.1, 0.15) is 11.4 Å². The number of halogens is 1. The predicted molar refractivity (Wildman–Crippen MR) is 80.4 cm³/mol. The molecule has 0 radical (unpaired) electrons. The minimum atomic E-state index is -1.01. The van der Waals surface area contributed by atoms with E-state index in [2.05, 4.69) is 15.9 Å². The third kappa shape index (κ3) is 3.17. The molecule has 1 unspecified atom stereocenters. The second kappa shape index (κ2) is 5.76. The molecule has 19 heavy (non-hydrogen) atoms. The van der Waals surface area contributed by atoms with Gasteiger partial charge in [0, 0.05) is 4.47 Å². The van der Waals surface area contributed by atoms with Crippen LogP contribution in [0.4, 0.5) is 0 Å². The zero-order valence-corrected chi connectivity index (χ0v) is 12.6. The van der Waals surface area contributed by atoms with Crippen LogP contribution in [0, 0.1) is 0 Å². The summed E-state index contributed by atoms with van der Waals surface area (Å²) in [6, 6.07) is 15.2. The molecule has 1 N–H and O–H groups in total. The molecule has 0 spiro atoms. The Hall–Kier alpha value is -1.32. The van der Waals surface area contributed by atoms with Gasteiger partial charge in [-0.1, -0.05) is 40.2 Å². The number of benzene rings is 2. The van der Waals surface area contributed by atoms with Gasteiger partial charge >= 0.3 is 0 Å². The van der Waals surface area contributed by atoms with Gasteiger partial charge < -0.3 is 9.84 Å². The van der Waals surface area contributed by atoms with Crippen molar-refractivity contribution in [1.29, 1.82) is 0 Å². The first-order chi connectivity index (χ1) is 9.04. The van der Waals surface area contributed by atoms with E-state index in [4.69, 9.17) is 4.74 Å². The second-order valence-electron chi connectivity index (χ2n) is 4.54. The average molecular weight is 321 g/mol. The van der Waals surface area contributed by atoms with Crippen molar-refractivity contribution in [3.05, 3.63) is 64.1 Å². The quantitative estimate of drug-likeness (QED) is 0.918. The minimum Gasteiger partial charge on any atom is -0.494 e. The largest absolute Gasteiger partial charge is 0.494 e. The number of hydrogen-bond acceptors (Lipinski definition) is 2. The third-order valence-electron chi connectivity index (χ3n) is 3.13. The number of rotatable bonds is 4. The highest BCUT2D eigenvalue weighted by atomic mass is 79.9. The lowest BCUT2D eigenvalue weighted by molar-refractivity contribution is 0.102. The summed E-state index contributed by atoms with van der Waals surface area (Å²) < 4.78 is 6.41. The van der Waals surface area contributed by atoms with Crippen molar-refractivity contribution >= 4 is 15.9 Å². The highest BCUT2D eigenvalue weighted by molar-refractivity contribution is 9.10. The molecule has 0 amide bonds. The van der Waals surface area contributed by atoms with Crippen LogP contribution in [0.1, 0.15) is 25.0 Å². The topological polar surface area (TPSA) is 29.5 Å². The third-order valence-corrected chi connectivity index (χ3v) is 3.66. The summed E-state index contributed by atoms with van der Waals surface area (Å²) in [5, 5.41) is 10.7. The van der Waals surface area contributed by atoms with Crippen molar-refractivity contribution in [1.82, 2.24) is 0 Å². The molecule has 0 saturated carbocycles. The fourth-order valence-corrected chi connectivity index (χ4v) is 2.25. The molecule has 2 nitrogen and oxygen atoms in total. The summed E-state index contributed by atoms with van der Waals surface area (Å²) >= 11 is 3.40. The van der Waals surface area contributed by atoms with Crippen LogP contribution in [-0.2, 0) is 5.60 Å². The molecule has 0 heterocycles. The molecule has 0 saturated heterocycles. The molecule has 1 atom stereocenters. The molecule has 0 aliphatic heterocycles. The molecule has 3 heteroatoms. The summed E-state index contributed by atoms with van der Waals surface area (Å²) in [5.41, 5.74) is 0.698. The summed E-state index contributed by atoms with van der Waals surface area (Å²) in [5.74, 6) is 0.817. The molecule has 0 bridgehead atoms. The van der Waals surface area contributed by atoms with Crippen molar-refractivity contribution in [2.24, 2.45) is 0 Å². The summed E-state index contributed by atoms with van der Waals surface area (Å²) in [6.45, 7) is 4.39. The van der Waals surface area contributed by atoms with Crippen molar-refractivity contribution < 1.29 is 9.84 Å². The zero-order chi connectivity index (χ0) is 13.9. The maximum absolute atomic E-state index is 10.7. The fraction of sp³-hybridized carbons (Fsp3) is 0.250. The van der Waals surface area contributed by atoms with Crippen molar-refractivity contribution in [3.63, 3.8) is 0 Å². The van der Waals surface area contributed by atoms with Gasteiger partial charge in [0.2, 0.25) is 0 Å². The van der Waals surface area contributed by atoms with Crippen LogP contribution >= 0.6 is 15.9 Å². The number of aliphatic hydroxyl groups is 1. The Kier molecular flexibility index (Phi) is 4.27. The van der Waals surface area contributed by atoms with Gasteiger partial charge in [-0.05, 0) is 49.2 Å². The summed E-state index contributed by atoms with van der Waals surface area (Å²) in [7, 11) is 0. The Morgan fingerprint density at radius 3 is 1.95 bits per heavy atom. The SMILES string of the molecule is CCOc1ccc(C(C)(O)c2ccc(Br)cc2)cc1. The Bertz CT molecular complexity index is 530. The Morgan fingerprint density at radius 2 is 1.47 bits per heavy atom. The standard InChI is InChI=1S/C16H17BrO2/c1-3-19-15-10-6-13(7-11-15)16(2,18)12-4-8-14(17)9-5-12/h4-11,18H,3H2,1-2H3. The smallest absolute Gasteiger partial charge is 0.119 e. The molecule has 2 aromatic carbocycles. The molecule has 2 aromatic rings. The maximum atomic E-state index is 10.7. The predicted octanol–water partition coefficient (Wildman–Crippen LogP) is 4.10. The number of ether oxygens (including phenoxy) is 1. The highest BCUT2D eigenvalue weighted by Crippen LogP contribution is 2.30.